The second-order valence-corrected chi connectivity index (χ2v) is 2.63. The number of rotatable bonds is 0. The van der Waals surface area contributed by atoms with Crippen molar-refractivity contribution in [3.05, 3.63) is 29.8 Å². The Kier molecular flexibility index (Phi) is 0.841. The van der Waals surface area contributed by atoms with Crippen LogP contribution in [0.5, 0.6) is 0 Å². The molecule has 60 valence electrons. The molecule has 0 saturated heterocycles. The maximum absolute atomic E-state index is 11.4. The van der Waals surface area contributed by atoms with Gasteiger partial charge in [-0.05, 0) is 12.1 Å². The number of carbonyl (C=O) groups excluding carboxylic acids is 1. The van der Waals surface area contributed by atoms with Crippen LogP contribution in [0.4, 0.5) is 0 Å². The molecule has 1 aromatic rings. The van der Waals surface area contributed by atoms with E-state index < -0.39 is 0 Å². The predicted octanol–water partition coefficient (Wildman–Crippen LogP) is 0.815. The highest BCUT2D eigenvalue weighted by Crippen LogP contribution is 2.33. The van der Waals surface area contributed by atoms with Gasteiger partial charge in [0.2, 0.25) is 12.6 Å². The van der Waals surface area contributed by atoms with E-state index >= 15 is 0 Å². The summed E-state index contributed by atoms with van der Waals surface area (Å²) in [6.07, 6.45) is 1.70. The average Bonchev–Trinajstić information content (AvgIpc) is 2.72. The summed E-state index contributed by atoms with van der Waals surface area (Å²) in [5.74, 6) is 0.776. The third-order valence-corrected chi connectivity index (χ3v) is 2.01. The first kappa shape index (κ1) is 5.88. The fraction of sp³-hybridized carbons (Fsp3) is 0.125. The topological polar surface area (TPSA) is 40.5 Å². The quantitative estimate of drug-likeness (QED) is 0.568. The SMILES string of the molecule is O=C1C2=C(OCO2)c2cccn21. The molecule has 0 aliphatic carbocycles. The first-order valence-corrected chi connectivity index (χ1v) is 3.60. The molecule has 3 rings (SSSR count). The molecule has 0 unspecified atom stereocenters. The van der Waals surface area contributed by atoms with Crippen molar-refractivity contribution in [3.63, 3.8) is 0 Å². The number of fused-ring (bicyclic) bond motifs is 2. The fourth-order valence-corrected chi connectivity index (χ4v) is 1.48. The lowest BCUT2D eigenvalue weighted by Crippen LogP contribution is -2.09. The van der Waals surface area contributed by atoms with Gasteiger partial charge in [0.05, 0.1) is 5.69 Å². The van der Waals surface area contributed by atoms with E-state index in [9.17, 15) is 4.79 Å². The van der Waals surface area contributed by atoms with E-state index in [1.165, 1.54) is 4.57 Å². The molecular formula is C8H5NO3. The summed E-state index contributed by atoms with van der Waals surface area (Å²) in [5.41, 5.74) is 0.785. The lowest BCUT2D eigenvalue weighted by molar-refractivity contribution is 0.0635. The maximum Gasteiger partial charge on any atom is 0.301 e. The van der Waals surface area contributed by atoms with Crippen LogP contribution in [0.15, 0.2) is 24.1 Å². The Morgan fingerprint density at radius 2 is 2.17 bits per heavy atom. The lowest BCUT2D eigenvalue weighted by atomic mass is 10.3. The Morgan fingerprint density at radius 1 is 1.33 bits per heavy atom. The van der Waals surface area contributed by atoms with E-state index in [-0.39, 0.29) is 12.7 Å². The van der Waals surface area contributed by atoms with E-state index in [1.54, 1.807) is 12.3 Å². The number of ether oxygens (including phenoxy) is 2. The predicted molar refractivity (Wildman–Crippen MR) is 39.0 cm³/mol. The van der Waals surface area contributed by atoms with Crippen molar-refractivity contribution < 1.29 is 14.3 Å². The van der Waals surface area contributed by atoms with Crippen LogP contribution in [0.25, 0.3) is 5.76 Å². The Balaban J connectivity index is 2.30. The van der Waals surface area contributed by atoms with Crippen molar-refractivity contribution in [1.82, 2.24) is 4.57 Å². The van der Waals surface area contributed by atoms with Crippen molar-refractivity contribution in [1.29, 1.82) is 0 Å². The zero-order chi connectivity index (χ0) is 8.13. The Hall–Kier alpha value is -1.71. The van der Waals surface area contributed by atoms with Crippen LogP contribution in [0.1, 0.15) is 10.5 Å². The van der Waals surface area contributed by atoms with Crippen molar-refractivity contribution in [2.24, 2.45) is 0 Å². The first-order valence-electron chi connectivity index (χ1n) is 3.60. The summed E-state index contributed by atoms with van der Waals surface area (Å²) < 4.78 is 11.7. The smallest absolute Gasteiger partial charge is 0.301 e. The van der Waals surface area contributed by atoms with Gasteiger partial charge in [0, 0.05) is 6.20 Å². The highest BCUT2D eigenvalue weighted by Gasteiger charge is 2.35. The minimum Gasteiger partial charge on any atom is -0.451 e. The second-order valence-electron chi connectivity index (χ2n) is 2.63. The van der Waals surface area contributed by atoms with E-state index in [0.717, 1.165) is 5.69 Å². The molecule has 0 fully saturated rings. The number of carbonyl (C=O) groups is 1. The van der Waals surface area contributed by atoms with Crippen LogP contribution in [-0.4, -0.2) is 17.3 Å². The van der Waals surface area contributed by atoms with Crippen LogP contribution in [-0.2, 0) is 9.47 Å². The third-order valence-electron chi connectivity index (χ3n) is 2.01. The molecule has 0 radical (unpaired) electrons. The molecule has 3 heterocycles. The summed E-state index contributed by atoms with van der Waals surface area (Å²) in [7, 11) is 0. The van der Waals surface area contributed by atoms with Gasteiger partial charge in [-0.25, -0.2) is 0 Å². The molecule has 0 bridgehead atoms. The van der Waals surface area contributed by atoms with Crippen LogP contribution < -0.4 is 0 Å². The van der Waals surface area contributed by atoms with Gasteiger partial charge in [-0.1, -0.05) is 0 Å². The van der Waals surface area contributed by atoms with Gasteiger partial charge < -0.3 is 9.47 Å². The average molecular weight is 163 g/mol. The van der Waals surface area contributed by atoms with Crippen LogP contribution in [0, 0.1) is 0 Å². The van der Waals surface area contributed by atoms with Crippen molar-refractivity contribution in [3.8, 4) is 0 Å². The number of allylic oxidation sites excluding steroid dienone is 1. The first-order chi connectivity index (χ1) is 5.88. The second kappa shape index (κ2) is 1.72. The summed E-state index contributed by atoms with van der Waals surface area (Å²) in [4.78, 5) is 11.4. The summed E-state index contributed by atoms with van der Waals surface area (Å²) >= 11 is 0. The molecule has 0 spiro atoms. The summed E-state index contributed by atoms with van der Waals surface area (Å²) in [6, 6.07) is 3.63. The highest BCUT2D eigenvalue weighted by molar-refractivity contribution is 6.05. The number of hydrogen-bond acceptors (Lipinski definition) is 3. The highest BCUT2D eigenvalue weighted by atomic mass is 16.7. The van der Waals surface area contributed by atoms with Gasteiger partial charge in [-0.3, -0.25) is 9.36 Å². The molecule has 4 nitrogen and oxygen atoms in total. The fourth-order valence-electron chi connectivity index (χ4n) is 1.48. The zero-order valence-corrected chi connectivity index (χ0v) is 6.11. The van der Waals surface area contributed by atoms with Crippen molar-refractivity contribution in [2.75, 3.05) is 6.79 Å². The molecule has 0 amide bonds. The number of nitrogens with zero attached hydrogens (tertiary/aromatic N) is 1. The largest absolute Gasteiger partial charge is 0.451 e. The molecular weight excluding hydrogens is 158 g/mol. The van der Waals surface area contributed by atoms with Crippen molar-refractivity contribution in [2.45, 2.75) is 0 Å². The van der Waals surface area contributed by atoms with Crippen LogP contribution in [0.3, 0.4) is 0 Å². The van der Waals surface area contributed by atoms with Gasteiger partial charge >= 0.3 is 5.91 Å². The molecule has 0 N–H and O–H groups in total. The zero-order valence-electron chi connectivity index (χ0n) is 6.11. The Bertz CT molecular complexity index is 402. The minimum absolute atomic E-state index is 0.137. The molecule has 0 aromatic carbocycles. The molecule has 2 aliphatic rings. The van der Waals surface area contributed by atoms with Gasteiger partial charge in [-0.2, -0.15) is 0 Å². The van der Waals surface area contributed by atoms with Gasteiger partial charge in [-0.15, -0.1) is 0 Å². The number of aromatic nitrogens is 1. The van der Waals surface area contributed by atoms with E-state index in [0.29, 0.717) is 11.5 Å². The standard InChI is InChI=1S/C8H5NO3/c10-8-7-6(11-4-12-7)5-2-1-3-9(5)8/h1-3H,4H2. The molecule has 12 heavy (non-hydrogen) atoms. The molecule has 0 atom stereocenters. The van der Waals surface area contributed by atoms with Gasteiger partial charge in [0.25, 0.3) is 0 Å². The van der Waals surface area contributed by atoms with E-state index in [2.05, 4.69) is 0 Å². The summed E-state index contributed by atoms with van der Waals surface area (Å²) in [6.45, 7) is 0.154. The molecule has 2 aliphatic heterocycles. The normalized spacial score (nSPS) is 18.8. The summed E-state index contributed by atoms with van der Waals surface area (Å²) in [5, 5.41) is 0. The van der Waals surface area contributed by atoms with E-state index in [1.807, 2.05) is 6.07 Å². The third kappa shape index (κ3) is 0.480. The Labute approximate surface area is 68.0 Å². The van der Waals surface area contributed by atoms with Crippen molar-refractivity contribution >= 4 is 11.7 Å². The van der Waals surface area contributed by atoms with E-state index in [4.69, 9.17) is 9.47 Å². The maximum atomic E-state index is 11.4. The molecule has 0 saturated carbocycles. The molecule has 4 heteroatoms. The minimum atomic E-state index is -0.137. The van der Waals surface area contributed by atoms with Gasteiger partial charge in [0.15, 0.2) is 5.76 Å². The lowest BCUT2D eigenvalue weighted by Gasteiger charge is -2.00. The number of hydrogen-bond donors (Lipinski definition) is 0. The Morgan fingerprint density at radius 3 is 3.08 bits per heavy atom. The van der Waals surface area contributed by atoms with Crippen LogP contribution >= 0.6 is 0 Å². The monoisotopic (exact) mass is 163 g/mol. The molecule has 1 aromatic heterocycles. The van der Waals surface area contributed by atoms with Gasteiger partial charge in [0.1, 0.15) is 0 Å². The van der Waals surface area contributed by atoms with Crippen LogP contribution in [0.2, 0.25) is 0 Å².